The molecule has 1 aliphatic carbocycles. The van der Waals surface area contributed by atoms with Crippen LogP contribution in [-0.2, 0) is 20.6 Å². The molecule has 3 rings (SSSR count). The minimum atomic E-state index is -0.549. The Balaban J connectivity index is 1.85. The summed E-state index contributed by atoms with van der Waals surface area (Å²) in [6, 6.07) is 0. The third-order valence-corrected chi connectivity index (χ3v) is 4.70. The predicted octanol–water partition coefficient (Wildman–Crippen LogP) is 1.84. The van der Waals surface area contributed by atoms with Gasteiger partial charge in [-0.05, 0) is 25.7 Å². The first-order valence-corrected chi connectivity index (χ1v) is 7.45. The summed E-state index contributed by atoms with van der Waals surface area (Å²) in [7, 11) is 1.73. The fourth-order valence-corrected chi connectivity index (χ4v) is 3.20. The third-order valence-electron chi connectivity index (χ3n) is 4.70. The number of hydrogen-bond acceptors (Lipinski definition) is 6. The van der Waals surface area contributed by atoms with Crippen LogP contribution in [0.2, 0.25) is 0 Å². The number of rotatable bonds is 3. The van der Waals surface area contributed by atoms with E-state index in [0.717, 1.165) is 25.7 Å². The fourth-order valence-electron chi connectivity index (χ4n) is 3.20. The summed E-state index contributed by atoms with van der Waals surface area (Å²) < 4.78 is 16.6. The van der Waals surface area contributed by atoms with Gasteiger partial charge in [-0.2, -0.15) is 4.98 Å². The van der Waals surface area contributed by atoms with E-state index in [4.69, 9.17) is 19.7 Å². The van der Waals surface area contributed by atoms with Crippen molar-refractivity contribution in [2.75, 3.05) is 20.3 Å². The van der Waals surface area contributed by atoms with E-state index in [9.17, 15) is 0 Å². The Hall–Kier alpha value is -0.980. The van der Waals surface area contributed by atoms with Crippen molar-refractivity contribution in [2.45, 2.75) is 56.1 Å². The summed E-state index contributed by atoms with van der Waals surface area (Å²) in [6.45, 7) is 1.28. The molecule has 1 saturated carbocycles. The quantitative estimate of drug-likeness (QED) is 0.910. The Labute approximate surface area is 119 Å². The summed E-state index contributed by atoms with van der Waals surface area (Å²) >= 11 is 0. The fraction of sp³-hybridized carbons (Fsp3) is 0.857. The molecule has 0 radical (unpaired) electrons. The Morgan fingerprint density at radius 3 is 2.45 bits per heavy atom. The summed E-state index contributed by atoms with van der Waals surface area (Å²) in [6.07, 6.45) is 6.85. The van der Waals surface area contributed by atoms with Gasteiger partial charge in [0, 0.05) is 20.3 Å². The molecule has 1 aliphatic heterocycles. The first-order valence-electron chi connectivity index (χ1n) is 7.45. The van der Waals surface area contributed by atoms with E-state index in [1.165, 1.54) is 6.42 Å². The highest BCUT2D eigenvalue weighted by atomic mass is 16.5. The molecule has 0 bridgehead atoms. The van der Waals surface area contributed by atoms with Gasteiger partial charge in [0.1, 0.15) is 11.1 Å². The van der Waals surface area contributed by atoms with Crippen molar-refractivity contribution in [1.29, 1.82) is 0 Å². The van der Waals surface area contributed by atoms with Crippen LogP contribution in [0.1, 0.15) is 56.7 Å². The Bertz CT molecular complexity index is 448. The van der Waals surface area contributed by atoms with Crippen LogP contribution in [0.25, 0.3) is 0 Å². The van der Waals surface area contributed by atoms with E-state index in [1.807, 2.05) is 0 Å². The second-order valence-corrected chi connectivity index (χ2v) is 5.95. The molecule has 6 nitrogen and oxygen atoms in total. The highest BCUT2D eigenvalue weighted by Crippen LogP contribution is 2.39. The van der Waals surface area contributed by atoms with Gasteiger partial charge in [-0.25, -0.2) is 0 Å². The number of nitrogens with zero attached hydrogens (tertiary/aromatic N) is 2. The zero-order chi connectivity index (χ0) is 14.1. The number of aromatic nitrogens is 2. The Morgan fingerprint density at radius 2 is 1.80 bits per heavy atom. The summed E-state index contributed by atoms with van der Waals surface area (Å²) in [5.74, 6) is 1.18. The first kappa shape index (κ1) is 14.0. The number of methoxy groups -OCH3 is 1. The molecule has 1 saturated heterocycles. The van der Waals surface area contributed by atoms with E-state index in [1.54, 1.807) is 7.11 Å². The second kappa shape index (κ2) is 5.42. The highest BCUT2D eigenvalue weighted by molar-refractivity contribution is 5.09. The number of nitrogens with two attached hydrogens (primary N) is 1. The van der Waals surface area contributed by atoms with E-state index >= 15 is 0 Å². The van der Waals surface area contributed by atoms with E-state index in [-0.39, 0.29) is 5.60 Å². The van der Waals surface area contributed by atoms with Crippen molar-refractivity contribution in [3.8, 4) is 0 Å². The van der Waals surface area contributed by atoms with Crippen molar-refractivity contribution in [1.82, 2.24) is 10.1 Å². The Morgan fingerprint density at radius 1 is 1.10 bits per heavy atom. The van der Waals surface area contributed by atoms with Crippen LogP contribution in [-0.4, -0.2) is 30.5 Å². The molecule has 20 heavy (non-hydrogen) atoms. The zero-order valence-corrected chi connectivity index (χ0v) is 12.1. The van der Waals surface area contributed by atoms with Crippen molar-refractivity contribution >= 4 is 0 Å². The van der Waals surface area contributed by atoms with Crippen LogP contribution in [0.3, 0.4) is 0 Å². The van der Waals surface area contributed by atoms with Crippen LogP contribution in [0.5, 0.6) is 0 Å². The first-order chi connectivity index (χ1) is 9.69. The van der Waals surface area contributed by atoms with Crippen molar-refractivity contribution < 1.29 is 14.0 Å². The third kappa shape index (κ3) is 2.36. The van der Waals surface area contributed by atoms with Gasteiger partial charge in [-0.3, -0.25) is 0 Å². The molecule has 6 heteroatoms. The molecule has 2 heterocycles. The van der Waals surface area contributed by atoms with Crippen LogP contribution in [0.15, 0.2) is 4.52 Å². The highest BCUT2D eigenvalue weighted by Gasteiger charge is 2.42. The van der Waals surface area contributed by atoms with Crippen molar-refractivity contribution in [3.63, 3.8) is 0 Å². The molecule has 1 aromatic rings. The van der Waals surface area contributed by atoms with Crippen LogP contribution in [0.4, 0.5) is 0 Å². The van der Waals surface area contributed by atoms with Crippen LogP contribution >= 0.6 is 0 Å². The van der Waals surface area contributed by atoms with Crippen molar-refractivity contribution in [2.24, 2.45) is 5.73 Å². The molecule has 0 atom stereocenters. The summed E-state index contributed by atoms with van der Waals surface area (Å²) in [4.78, 5) is 4.59. The Kier molecular flexibility index (Phi) is 3.79. The van der Waals surface area contributed by atoms with Gasteiger partial charge in [-0.15, -0.1) is 0 Å². The van der Waals surface area contributed by atoms with Crippen LogP contribution < -0.4 is 5.73 Å². The van der Waals surface area contributed by atoms with Gasteiger partial charge >= 0.3 is 0 Å². The average molecular weight is 281 g/mol. The molecule has 0 aromatic carbocycles. The number of hydrogen-bond donors (Lipinski definition) is 1. The average Bonchev–Trinajstić information content (AvgIpc) is 3.00. The van der Waals surface area contributed by atoms with Gasteiger partial charge < -0.3 is 19.7 Å². The molecule has 112 valence electrons. The molecule has 2 fully saturated rings. The molecular weight excluding hydrogens is 258 g/mol. The topological polar surface area (TPSA) is 83.4 Å². The van der Waals surface area contributed by atoms with Crippen LogP contribution in [0, 0.1) is 0 Å². The molecule has 0 amide bonds. The maximum absolute atomic E-state index is 6.39. The van der Waals surface area contributed by atoms with Gasteiger partial charge in [-0.1, -0.05) is 24.4 Å². The molecule has 1 aromatic heterocycles. The molecule has 2 aliphatic rings. The van der Waals surface area contributed by atoms with E-state index in [2.05, 4.69) is 10.1 Å². The van der Waals surface area contributed by atoms with Gasteiger partial charge in [0.05, 0.1) is 0 Å². The maximum Gasteiger partial charge on any atom is 0.247 e. The maximum atomic E-state index is 6.39. The summed E-state index contributed by atoms with van der Waals surface area (Å²) in [5.41, 5.74) is 5.45. The standard InChI is InChI=1S/C14H23N3O3/c1-18-14(5-3-2-4-6-14)11-16-12(20-17-11)13(15)7-9-19-10-8-13/h2-10,15H2,1H3. The summed E-state index contributed by atoms with van der Waals surface area (Å²) in [5, 5.41) is 4.17. The lowest BCUT2D eigenvalue weighted by Gasteiger charge is -2.33. The van der Waals surface area contributed by atoms with Gasteiger partial charge in [0.2, 0.25) is 11.7 Å². The molecule has 2 N–H and O–H groups in total. The minimum absolute atomic E-state index is 0.387. The largest absolute Gasteiger partial charge is 0.381 e. The molecule has 0 unspecified atom stereocenters. The lowest BCUT2D eigenvalue weighted by atomic mass is 9.84. The van der Waals surface area contributed by atoms with Gasteiger partial charge in [0.25, 0.3) is 0 Å². The van der Waals surface area contributed by atoms with E-state index < -0.39 is 5.54 Å². The predicted molar refractivity (Wildman–Crippen MR) is 72.0 cm³/mol. The molecule has 0 spiro atoms. The van der Waals surface area contributed by atoms with Crippen molar-refractivity contribution in [3.05, 3.63) is 11.7 Å². The lowest BCUT2D eigenvalue weighted by Crippen LogP contribution is -2.42. The van der Waals surface area contributed by atoms with E-state index in [0.29, 0.717) is 37.8 Å². The van der Waals surface area contributed by atoms with Gasteiger partial charge in [0.15, 0.2) is 0 Å². The SMILES string of the molecule is COC1(c2noc(C3(N)CCOCC3)n2)CCCCC1. The zero-order valence-electron chi connectivity index (χ0n) is 12.1. The normalized spacial score (nSPS) is 25.5. The smallest absolute Gasteiger partial charge is 0.247 e. The number of ether oxygens (including phenoxy) is 2. The minimum Gasteiger partial charge on any atom is -0.381 e. The monoisotopic (exact) mass is 281 g/mol. The molecular formula is C14H23N3O3. The lowest BCUT2D eigenvalue weighted by molar-refractivity contribution is -0.0527. The second-order valence-electron chi connectivity index (χ2n) is 5.95.